The van der Waals surface area contributed by atoms with E-state index in [1.54, 1.807) is 6.92 Å². The van der Waals surface area contributed by atoms with Crippen LogP contribution in [-0.4, -0.2) is 195 Å². The van der Waals surface area contributed by atoms with Gasteiger partial charge in [0.25, 0.3) is 5.91 Å². The zero-order chi connectivity index (χ0) is 62.8. The normalized spacial score (nSPS) is 27.2. The minimum atomic E-state index is -2.30. The van der Waals surface area contributed by atoms with Crippen LogP contribution in [-0.2, 0) is 62.2 Å². The van der Waals surface area contributed by atoms with Crippen molar-refractivity contribution in [3.63, 3.8) is 0 Å². The smallest absolute Gasteiger partial charge is 0.259 e. The molecule has 0 aromatic carbocycles. The van der Waals surface area contributed by atoms with Crippen LogP contribution in [0.3, 0.4) is 0 Å². The Kier molecular flexibility index (Phi) is 23.0. The number of carbonyl (C=O) groups is 11. The van der Waals surface area contributed by atoms with Crippen LogP contribution in [0.25, 0.3) is 0 Å². The number of hydrogen-bond donors (Lipinski definition) is 15. The number of aliphatic hydroxyl groups is 6. The highest BCUT2D eigenvalue weighted by Crippen LogP contribution is 2.53. The number of nitrogens with zero attached hydrogens (tertiary/aromatic N) is 1. The van der Waals surface area contributed by atoms with E-state index in [4.69, 9.17) is 15.2 Å². The summed E-state index contributed by atoms with van der Waals surface area (Å²) in [6.45, 7) is 6.51. The van der Waals surface area contributed by atoms with Crippen molar-refractivity contribution in [3.8, 4) is 0 Å². The molecule has 5 rings (SSSR count). The average Bonchev–Trinajstić information content (AvgIpc) is 0.783. The van der Waals surface area contributed by atoms with Crippen molar-refractivity contribution >= 4 is 83.3 Å². The molecule has 0 aromatic heterocycles. The van der Waals surface area contributed by atoms with Crippen molar-refractivity contribution in [2.24, 2.45) is 50.8 Å². The van der Waals surface area contributed by atoms with Crippen LogP contribution < -0.4 is 43.1 Å². The molecule has 28 nitrogen and oxygen atoms in total. The Morgan fingerprint density at radius 1 is 0.869 bits per heavy atom. The summed E-state index contributed by atoms with van der Waals surface area (Å²) in [6.07, 6.45) is -1.53. The van der Waals surface area contributed by atoms with E-state index in [0.29, 0.717) is 6.29 Å². The number of hydrogen-bond acceptors (Lipinski definition) is 22. The van der Waals surface area contributed by atoms with Gasteiger partial charge in [0.1, 0.15) is 23.4 Å². The SMILES string of the molecule is CCC(C)(CC(C)(CC(C)(C)C(=O)NCC(=O)NCC(=O)NC(CS)C(C)=O)C(=O)NCC(C)O)C(=O)NCC(=O)NCC(=O)N/N=C(\CO)[C@]1(O)CC2C(O)=C3C(=O)C4C=CC=C(C=O)C4C(=O)C3=C(O)C2[C@@H](OC2CC(N)C(O)CO2)C1. The van der Waals surface area contributed by atoms with Gasteiger partial charge in [-0.1, -0.05) is 52.8 Å². The first-order chi connectivity index (χ1) is 39.3. The number of aldehydes is 1. The van der Waals surface area contributed by atoms with Gasteiger partial charge in [-0.2, -0.15) is 17.7 Å². The molecule has 0 radical (unpaired) electrons. The highest BCUT2D eigenvalue weighted by Gasteiger charge is 2.59. The zero-order valence-electron chi connectivity index (χ0n) is 47.9. The molecule has 29 heteroatoms. The Hall–Kier alpha value is -6.73. The van der Waals surface area contributed by atoms with Gasteiger partial charge in [0.15, 0.2) is 23.6 Å². The Labute approximate surface area is 490 Å². The van der Waals surface area contributed by atoms with Crippen LogP contribution >= 0.6 is 12.6 Å². The molecular formula is C55H79N9O19S. The molecule has 0 spiro atoms. The van der Waals surface area contributed by atoms with Gasteiger partial charge >= 0.3 is 0 Å². The number of nitrogens with one attached hydrogen (secondary N) is 7. The highest BCUT2D eigenvalue weighted by molar-refractivity contribution is 7.80. The molecule has 1 heterocycles. The topological polar surface area (TPSA) is 450 Å². The number of allylic oxidation sites excluding steroid dienone is 7. The van der Waals surface area contributed by atoms with Crippen molar-refractivity contribution in [3.05, 3.63) is 46.5 Å². The van der Waals surface area contributed by atoms with Crippen LogP contribution in [0.1, 0.15) is 87.0 Å². The first-order valence-electron chi connectivity index (χ1n) is 27.5. The van der Waals surface area contributed by atoms with Gasteiger partial charge in [0, 0.05) is 58.9 Å². The molecule has 84 heavy (non-hydrogen) atoms. The number of amides is 7. The Morgan fingerprint density at radius 2 is 1.46 bits per heavy atom. The number of ketones is 3. The first kappa shape index (κ1) is 68.1. The summed E-state index contributed by atoms with van der Waals surface area (Å²) in [5.74, 6) is -13.7. The lowest BCUT2D eigenvalue weighted by molar-refractivity contribution is -0.235. The van der Waals surface area contributed by atoms with E-state index in [1.807, 2.05) is 0 Å². The highest BCUT2D eigenvalue weighted by atomic mass is 32.1. The lowest BCUT2D eigenvalue weighted by atomic mass is 9.59. The summed E-state index contributed by atoms with van der Waals surface area (Å²) in [7, 11) is 0. The minimum absolute atomic E-state index is 0.0249. The van der Waals surface area contributed by atoms with Gasteiger partial charge in [-0.25, -0.2) is 5.43 Å². The summed E-state index contributed by atoms with van der Waals surface area (Å²) in [5.41, 5.74) is 0.0403. The Bertz CT molecular complexity index is 2780. The van der Waals surface area contributed by atoms with Crippen molar-refractivity contribution in [2.75, 3.05) is 51.7 Å². The van der Waals surface area contributed by atoms with Crippen molar-refractivity contribution in [1.82, 2.24) is 37.3 Å². The molecule has 0 aromatic rings. The van der Waals surface area contributed by atoms with E-state index >= 15 is 0 Å². The van der Waals surface area contributed by atoms with Gasteiger partial charge in [0.2, 0.25) is 35.4 Å². The third-order valence-electron chi connectivity index (χ3n) is 16.0. The Morgan fingerprint density at radius 3 is 2.04 bits per heavy atom. The van der Waals surface area contributed by atoms with Crippen molar-refractivity contribution in [2.45, 2.75) is 129 Å². The van der Waals surface area contributed by atoms with Crippen LogP contribution in [0, 0.1) is 39.9 Å². The summed E-state index contributed by atoms with van der Waals surface area (Å²) in [5, 5.41) is 85.8. The molecule has 1 saturated heterocycles. The number of nitrogens with two attached hydrogens (primary N) is 1. The monoisotopic (exact) mass is 1200 g/mol. The summed E-state index contributed by atoms with van der Waals surface area (Å²) >= 11 is 4.02. The maximum absolute atomic E-state index is 14.1. The van der Waals surface area contributed by atoms with Gasteiger partial charge in [0.05, 0.1) is 98.4 Å². The van der Waals surface area contributed by atoms with Crippen LogP contribution in [0.5, 0.6) is 0 Å². The van der Waals surface area contributed by atoms with Crippen molar-refractivity contribution < 1.29 is 92.9 Å². The molecule has 15 N–H and O–H groups in total. The standard InChI is InChI=1S/C55H79N9O19S/c1-8-53(6,25-54(7,51(80)59-15-26(2)67)24-52(4,5)49(78)60-16-36(70)57-18-38(72)62-32(23-84)27(3)68)50(79)61-17-37(71)58-19-39(73)64-63-35(21-66)55(81)13-30-42(34(14-55)83-40-12-31(56)33(69)22-82-40)48(77)44-43(46(30)75)45(74)29-11-9-10-28(20-65)41(29)47(44)76/h9-11,20,26,29-34,40-42,66-67,69,75,77,81,84H,8,12-19,21-25,56H2,1-7H3,(H,57,70)(H,58,71)(H,59,80)(H,60,78)(H,61,79)(H,62,72)(H,64,73)/b63-35+/t26?,29?,30?,31?,32?,33?,34-,40?,41?,42?,53?,54?,55-/m0/s1. The fraction of sp³-hybridized carbons (Fsp3) is 0.636. The number of thiol groups is 1. The summed E-state index contributed by atoms with van der Waals surface area (Å²) in [4.78, 5) is 144. The second-order valence-electron chi connectivity index (χ2n) is 23.3. The van der Waals surface area contributed by atoms with Gasteiger partial charge in [-0.3, -0.25) is 52.7 Å². The number of aliphatic hydroxyl groups excluding tert-OH is 5. The molecular weight excluding hydrogens is 1120 g/mol. The number of hydrazone groups is 1. The lowest BCUT2D eigenvalue weighted by Crippen LogP contribution is -2.58. The van der Waals surface area contributed by atoms with E-state index in [0.717, 1.165) is 0 Å². The maximum Gasteiger partial charge on any atom is 0.259 e. The largest absolute Gasteiger partial charge is 0.511 e. The number of rotatable bonds is 27. The maximum atomic E-state index is 14.1. The second kappa shape index (κ2) is 28.4. The van der Waals surface area contributed by atoms with Gasteiger partial charge < -0.3 is 77.7 Å². The molecule has 13 atom stereocenters. The van der Waals surface area contributed by atoms with Gasteiger partial charge in [-0.05, 0) is 39.5 Å². The number of fused-ring (bicyclic) bond motifs is 3. The minimum Gasteiger partial charge on any atom is -0.511 e. The Balaban J connectivity index is 1.24. The predicted molar refractivity (Wildman–Crippen MR) is 299 cm³/mol. The van der Waals surface area contributed by atoms with Crippen molar-refractivity contribution in [1.29, 1.82) is 0 Å². The fourth-order valence-electron chi connectivity index (χ4n) is 11.4. The molecule has 4 aliphatic carbocycles. The molecule has 1 aliphatic heterocycles. The summed E-state index contributed by atoms with van der Waals surface area (Å²) < 4.78 is 11.9. The average molecular weight is 1200 g/mol. The number of Topliss-reactive ketones (excluding diaryl/α,β-unsaturated/α-hetero) is 3. The summed E-state index contributed by atoms with van der Waals surface area (Å²) in [6, 6.07) is -1.69. The van der Waals surface area contributed by atoms with Crippen LogP contribution in [0.15, 0.2) is 51.6 Å². The second-order valence-corrected chi connectivity index (χ2v) is 23.6. The molecule has 0 bridgehead atoms. The molecule has 7 amide bonds. The van der Waals surface area contributed by atoms with Crippen LogP contribution in [0.2, 0.25) is 0 Å². The molecule has 11 unspecified atom stereocenters. The molecule has 3 fully saturated rings. The number of carbonyl (C=O) groups excluding carboxylic acids is 11. The predicted octanol–water partition coefficient (Wildman–Crippen LogP) is -3.06. The van der Waals surface area contributed by atoms with E-state index in [-0.39, 0.29) is 55.9 Å². The first-order valence-corrected chi connectivity index (χ1v) is 28.1. The fourth-order valence-corrected chi connectivity index (χ4v) is 11.7. The van der Waals surface area contributed by atoms with E-state index in [9.17, 15) is 83.4 Å². The zero-order valence-corrected chi connectivity index (χ0v) is 48.8. The van der Waals surface area contributed by atoms with Crippen LogP contribution in [0.4, 0.5) is 0 Å². The molecule has 464 valence electrons. The lowest BCUT2D eigenvalue weighted by Gasteiger charge is -2.49. The third-order valence-corrected chi connectivity index (χ3v) is 16.4. The molecule has 5 aliphatic rings. The molecule has 2 saturated carbocycles. The van der Waals surface area contributed by atoms with Gasteiger partial charge in [-0.15, -0.1) is 0 Å². The third kappa shape index (κ3) is 16.0. The quantitative estimate of drug-likeness (QED) is 0.0168. The van der Waals surface area contributed by atoms with E-state index in [2.05, 4.69) is 55.1 Å². The van der Waals surface area contributed by atoms with E-state index < -0.39 is 209 Å². The van der Waals surface area contributed by atoms with E-state index in [1.165, 1.54) is 59.8 Å². The number of ether oxygens (including phenoxy) is 2.